The summed E-state index contributed by atoms with van der Waals surface area (Å²) >= 11 is 0. The highest BCUT2D eigenvalue weighted by atomic mass is 16.5. The average Bonchev–Trinajstić information content (AvgIpc) is 3.08. The van der Waals surface area contributed by atoms with Crippen LogP contribution in [0.2, 0.25) is 0 Å². The number of nitrogens with one attached hydrogen (secondary N) is 1. The highest BCUT2D eigenvalue weighted by Crippen LogP contribution is 2.38. The summed E-state index contributed by atoms with van der Waals surface area (Å²) in [6.07, 6.45) is 6.83. The van der Waals surface area contributed by atoms with Crippen molar-refractivity contribution in [1.29, 1.82) is 0 Å². The third-order valence-electron chi connectivity index (χ3n) is 4.40. The first kappa shape index (κ1) is 14.5. The molecule has 1 heterocycles. The first-order chi connectivity index (χ1) is 10.2. The number of hydrogen-bond donors (Lipinski definition) is 2. The molecule has 2 atom stereocenters. The smallest absolute Gasteiger partial charge is 0.226 e. The first-order valence-corrected chi connectivity index (χ1v) is 7.99. The van der Waals surface area contributed by atoms with Crippen molar-refractivity contribution in [2.24, 2.45) is 5.92 Å². The van der Waals surface area contributed by atoms with Crippen LogP contribution in [0.25, 0.3) is 0 Å². The second kappa shape index (κ2) is 6.56. The topological polar surface area (TPSA) is 88.2 Å². The molecule has 2 aliphatic carbocycles. The van der Waals surface area contributed by atoms with E-state index in [4.69, 9.17) is 4.52 Å². The molecule has 6 heteroatoms. The van der Waals surface area contributed by atoms with Gasteiger partial charge in [-0.25, -0.2) is 0 Å². The average molecular weight is 293 g/mol. The predicted octanol–water partition coefficient (Wildman–Crippen LogP) is 1.55. The number of rotatable bonds is 7. The third-order valence-corrected chi connectivity index (χ3v) is 4.40. The fourth-order valence-corrected chi connectivity index (χ4v) is 2.87. The number of carbonyl (C=O) groups excluding carboxylic acids is 1. The number of amides is 1. The molecule has 6 nitrogen and oxygen atoms in total. The quantitative estimate of drug-likeness (QED) is 0.796. The van der Waals surface area contributed by atoms with Gasteiger partial charge in [-0.05, 0) is 32.1 Å². The zero-order valence-corrected chi connectivity index (χ0v) is 12.3. The SMILES string of the molecule is O=C(CCCc1nc(C2CC2)no1)NCC1CCCC1O. The van der Waals surface area contributed by atoms with Crippen LogP contribution >= 0.6 is 0 Å². The van der Waals surface area contributed by atoms with Gasteiger partial charge in [0.1, 0.15) is 0 Å². The Morgan fingerprint density at radius 3 is 2.90 bits per heavy atom. The standard InChI is InChI=1S/C15H23N3O3/c19-12-4-1-3-11(12)9-16-13(20)5-2-6-14-17-15(18-21-14)10-7-8-10/h10-12,19H,1-9H2,(H,16,20). The van der Waals surface area contributed by atoms with Gasteiger partial charge in [-0.2, -0.15) is 4.98 Å². The minimum Gasteiger partial charge on any atom is -0.393 e. The minimum absolute atomic E-state index is 0.0380. The molecular weight excluding hydrogens is 270 g/mol. The van der Waals surface area contributed by atoms with Crippen LogP contribution < -0.4 is 5.32 Å². The molecule has 116 valence electrons. The van der Waals surface area contributed by atoms with Crippen LogP contribution in [-0.2, 0) is 11.2 Å². The zero-order chi connectivity index (χ0) is 14.7. The summed E-state index contributed by atoms with van der Waals surface area (Å²) in [7, 11) is 0. The molecule has 2 aliphatic rings. The van der Waals surface area contributed by atoms with E-state index in [1.807, 2.05) is 0 Å². The molecular formula is C15H23N3O3. The fourth-order valence-electron chi connectivity index (χ4n) is 2.87. The Kier molecular flexibility index (Phi) is 4.53. The number of hydrogen-bond acceptors (Lipinski definition) is 5. The Balaban J connectivity index is 1.31. The van der Waals surface area contributed by atoms with Gasteiger partial charge in [0, 0.05) is 31.2 Å². The zero-order valence-electron chi connectivity index (χ0n) is 12.3. The van der Waals surface area contributed by atoms with E-state index in [1.165, 1.54) is 0 Å². The number of aliphatic hydroxyl groups is 1. The summed E-state index contributed by atoms with van der Waals surface area (Å²) in [5, 5.41) is 16.6. The van der Waals surface area contributed by atoms with Crippen molar-refractivity contribution in [1.82, 2.24) is 15.5 Å². The molecule has 0 aliphatic heterocycles. The molecule has 2 fully saturated rings. The lowest BCUT2D eigenvalue weighted by Gasteiger charge is -2.14. The van der Waals surface area contributed by atoms with Crippen molar-refractivity contribution in [2.75, 3.05) is 6.54 Å². The van der Waals surface area contributed by atoms with Crippen LogP contribution in [0, 0.1) is 5.92 Å². The second-order valence-corrected chi connectivity index (χ2v) is 6.24. The van der Waals surface area contributed by atoms with Gasteiger partial charge in [0.25, 0.3) is 0 Å². The maximum Gasteiger partial charge on any atom is 0.226 e. The number of carbonyl (C=O) groups is 1. The van der Waals surface area contributed by atoms with E-state index in [9.17, 15) is 9.90 Å². The molecule has 0 bridgehead atoms. The lowest BCUT2D eigenvalue weighted by molar-refractivity contribution is -0.121. The normalized spacial score (nSPS) is 25.2. The van der Waals surface area contributed by atoms with Crippen molar-refractivity contribution < 1.29 is 14.4 Å². The predicted molar refractivity (Wildman–Crippen MR) is 75.6 cm³/mol. The summed E-state index contributed by atoms with van der Waals surface area (Å²) in [5.41, 5.74) is 0. The van der Waals surface area contributed by atoms with Crippen molar-refractivity contribution in [3.8, 4) is 0 Å². The molecule has 0 spiro atoms. The van der Waals surface area contributed by atoms with Crippen molar-refractivity contribution in [3.63, 3.8) is 0 Å². The van der Waals surface area contributed by atoms with Crippen LogP contribution in [0.15, 0.2) is 4.52 Å². The number of nitrogens with zero attached hydrogens (tertiary/aromatic N) is 2. The van der Waals surface area contributed by atoms with Gasteiger partial charge in [0.2, 0.25) is 11.8 Å². The van der Waals surface area contributed by atoms with E-state index >= 15 is 0 Å². The molecule has 0 saturated heterocycles. The molecule has 0 aromatic carbocycles. The van der Waals surface area contributed by atoms with Crippen LogP contribution in [0.4, 0.5) is 0 Å². The third kappa shape index (κ3) is 4.03. The van der Waals surface area contributed by atoms with E-state index < -0.39 is 0 Å². The summed E-state index contributed by atoms with van der Waals surface area (Å²) in [6.45, 7) is 0.590. The Morgan fingerprint density at radius 1 is 1.33 bits per heavy atom. The maximum absolute atomic E-state index is 11.8. The molecule has 21 heavy (non-hydrogen) atoms. The van der Waals surface area contributed by atoms with E-state index in [-0.39, 0.29) is 17.9 Å². The van der Waals surface area contributed by atoms with Gasteiger partial charge in [0.05, 0.1) is 6.10 Å². The van der Waals surface area contributed by atoms with Gasteiger partial charge < -0.3 is 14.9 Å². The molecule has 2 unspecified atom stereocenters. The lowest BCUT2D eigenvalue weighted by atomic mass is 10.1. The molecule has 1 aromatic rings. The van der Waals surface area contributed by atoms with E-state index in [1.54, 1.807) is 0 Å². The fraction of sp³-hybridized carbons (Fsp3) is 0.800. The maximum atomic E-state index is 11.8. The molecule has 2 N–H and O–H groups in total. The molecule has 1 amide bonds. The summed E-state index contributed by atoms with van der Waals surface area (Å²) in [5.74, 6) is 2.23. The van der Waals surface area contributed by atoms with Gasteiger partial charge >= 0.3 is 0 Å². The lowest BCUT2D eigenvalue weighted by Crippen LogP contribution is -2.32. The van der Waals surface area contributed by atoms with Gasteiger partial charge in [0.15, 0.2) is 5.82 Å². The Morgan fingerprint density at radius 2 is 2.19 bits per heavy atom. The number of aromatic nitrogens is 2. The van der Waals surface area contributed by atoms with Crippen molar-refractivity contribution >= 4 is 5.91 Å². The van der Waals surface area contributed by atoms with Crippen molar-refractivity contribution in [2.45, 2.75) is 63.4 Å². The number of aliphatic hydroxyl groups excluding tert-OH is 1. The van der Waals surface area contributed by atoms with E-state index in [2.05, 4.69) is 15.5 Å². The monoisotopic (exact) mass is 293 g/mol. The van der Waals surface area contributed by atoms with Crippen molar-refractivity contribution in [3.05, 3.63) is 11.7 Å². The van der Waals surface area contributed by atoms with Crippen LogP contribution in [-0.4, -0.2) is 33.8 Å². The molecule has 3 rings (SSSR count). The van der Waals surface area contributed by atoms with E-state index in [0.717, 1.165) is 37.9 Å². The van der Waals surface area contributed by atoms with Crippen LogP contribution in [0.3, 0.4) is 0 Å². The van der Waals surface area contributed by atoms with Gasteiger partial charge in [-0.1, -0.05) is 11.6 Å². The number of aryl methyl sites for hydroxylation is 1. The first-order valence-electron chi connectivity index (χ1n) is 7.99. The molecule has 0 radical (unpaired) electrons. The Hall–Kier alpha value is -1.43. The highest BCUT2D eigenvalue weighted by Gasteiger charge is 2.28. The Labute approximate surface area is 124 Å². The highest BCUT2D eigenvalue weighted by molar-refractivity contribution is 5.75. The second-order valence-electron chi connectivity index (χ2n) is 6.24. The molecule has 1 aromatic heterocycles. The van der Waals surface area contributed by atoms with Gasteiger partial charge in [-0.15, -0.1) is 0 Å². The largest absolute Gasteiger partial charge is 0.393 e. The molecule has 2 saturated carbocycles. The Bertz CT molecular complexity index is 484. The minimum atomic E-state index is -0.246. The summed E-state index contributed by atoms with van der Waals surface area (Å²) in [6, 6.07) is 0. The van der Waals surface area contributed by atoms with Gasteiger partial charge in [-0.3, -0.25) is 4.79 Å². The van der Waals surface area contributed by atoms with Crippen LogP contribution in [0.5, 0.6) is 0 Å². The van der Waals surface area contributed by atoms with E-state index in [0.29, 0.717) is 37.6 Å². The summed E-state index contributed by atoms with van der Waals surface area (Å²) < 4.78 is 5.18. The van der Waals surface area contributed by atoms with Crippen LogP contribution in [0.1, 0.15) is 62.6 Å². The summed E-state index contributed by atoms with van der Waals surface area (Å²) in [4.78, 5) is 16.1.